The highest BCUT2D eigenvalue weighted by molar-refractivity contribution is 7.12. The molecule has 18 heavy (non-hydrogen) atoms. The molecule has 0 atom stereocenters. The molecular weight excluding hydrogens is 240 g/mol. The lowest BCUT2D eigenvalue weighted by molar-refractivity contribution is 0.211. The average Bonchev–Trinajstić information content (AvgIpc) is 2.64. The van der Waals surface area contributed by atoms with Crippen LogP contribution in [0.1, 0.15) is 44.4 Å². The third kappa shape index (κ3) is 4.71. The lowest BCUT2D eigenvalue weighted by Gasteiger charge is -2.28. The van der Waals surface area contributed by atoms with Gasteiger partial charge in [-0.15, -0.1) is 11.3 Å². The predicted octanol–water partition coefficient (Wildman–Crippen LogP) is 3.46. The Hall–Kier alpha value is -0.380. The molecule has 2 N–H and O–H groups in total. The van der Waals surface area contributed by atoms with Crippen LogP contribution in [0.5, 0.6) is 0 Å². The third-order valence-corrected chi connectivity index (χ3v) is 4.57. The minimum Gasteiger partial charge on any atom is -0.330 e. The Bertz CT molecular complexity index is 374. The van der Waals surface area contributed by atoms with Gasteiger partial charge in [0.1, 0.15) is 0 Å². The number of hydrogen-bond donors (Lipinski definition) is 1. The number of rotatable bonds is 5. The third-order valence-electron chi connectivity index (χ3n) is 3.08. The van der Waals surface area contributed by atoms with Crippen molar-refractivity contribution in [1.29, 1.82) is 0 Å². The molecule has 0 spiro atoms. The predicted molar refractivity (Wildman–Crippen MR) is 82.2 cm³/mol. The number of hydrogen-bond acceptors (Lipinski definition) is 3. The molecule has 1 aromatic rings. The van der Waals surface area contributed by atoms with Gasteiger partial charge in [-0.05, 0) is 36.6 Å². The molecule has 0 radical (unpaired) electrons. The minimum absolute atomic E-state index is 0.193. The van der Waals surface area contributed by atoms with E-state index in [1.807, 2.05) is 11.3 Å². The van der Waals surface area contributed by atoms with Gasteiger partial charge < -0.3 is 10.6 Å². The summed E-state index contributed by atoms with van der Waals surface area (Å²) in [6, 6.07) is 4.53. The van der Waals surface area contributed by atoms with E-state index in [4.69, 9.17) is 5.73 Å². The van der Waals surface area contributed by atoms with Crippen molar-refractivity contribution >= 4 is 11.3 Å². The summed E-state index contributed by atoms with van der Waals surface area (Å²) in [5.41, 5.74) is 6.24. The van der Waals surface area contributed by atoms with E-state index in [-0.39, 0.29) is 10.8 Å². The first kappa shape index (κ1) is 15.7. The minimum atomic E-state index is 0.193. The molecule has 1 rings (SSSR count). The fourth-order valence-electron chi connectivity index (χ4n) is 1.98. The Balaban J connectivity index is 2.60. The van der Waals surface area contributed by atoms with Crippen molar-refractivity contribution in [3.8, 4) is 0 Å². The van der Waals surface area contributed by atoms with Crippen LogP contribution < -0.4 is 5.73 Å². The first-order valence-corrected chi connectivity index (χ1v) is 7.43. The maximum atomic E-state index is 5.79. The molecule has 0 aliphatic carbocycles. The number of nitrogens with two attached hydrogens (primary N) is 1. The SMILES string of the molecule is CN(Cc1ccc(C(C)(C)C)s1)CC(C)(C)CN. The molecule has 1 heterocycles. The van der Waals surface area contributed by atoms with Gasteiger partial charge in [-0.2, -0.15) is 0 Å². The summed E-state index contributed by atoms with van der Waals surface area (Å²) in [7, 11) is 2.17. The van der Waals surface area contributed by atoms with Crippen molar-refractivity contribution in [2.75, 3.05) is 20.1 Å². The highest BCUT2D eigenvalue weighted by Crippen LogP contribution is 2.30. The van der Waals surface area contributed by atoms with E-state index in [0.717, 1.165) is 19.6 Å². The standard InChI is InChI=1S/C15H28N2S/c1-14(2,3)13-8-7-12(18-13)9-17(6)11-15(4,5)10-16/h7-8H,9-11,16H2,1-6H3. The van der Waals surface area contributed by atoms with E-state index in [0.29, 0.717) is 0 Å². The van der Waals surface area contributed by atoms with Crippen LogP contribution in [0, 0.1) is 5.41 Å². The first-order chi connectivity index (χ1) is 8.14. The zero-order valence-electron chi connectivity index (χ0n) is 12.7. The second kappa shape index (κ2) is 5.72. The normalized spacial score (nSPS) is 13.3. The lowest BCUT2D eigenvalue weighted by Crippen LogP contribution is -2.36. The van der Waals surface area contributed by atoms with Gasteiger partial charge in [-0.3, -0.25) is 0 Å². The van der Waals surface area contributed by atoms with Gasteiger partial charge in [0.05, 0.1) is 0 Å². The van der Waals surface area contributed by atoms with Gasteiger partial charge in [-0.25, -0.2) is 0 Å². The Morgan fingerprint density at radius 1 is 1.17 bits per heavy atom. The van der Waals surface area contributed by atoms with E-state index in [1.54, 1.807) is 0 Å². The highest BCUT2D eigenvalue weighted by atomic mass is 32.1. The molecule has 2 nitrogen and oxygen atoms in total. The Labute approximate surface area is 116 Å². The average molecular weight is 268 g/mol. The van der Waals surface area contributed by atoms with Crippen molar-refractivity contribution in [3.05, 3.63) is 21.9 Å². The van der Waals surface area contributed by atoms with Crippen LogP contribution >= 0.6 is 11.3 Å². The molecule has 3 heteroatoms. The maximum Gasteiger partial charge on any atom is 0.0325 e. The van der Waals surface area contributed by atoms with E-state index in [1.165, 1.54) is 9.75 Å². The largest absolute Gasteiger partial charge is 0.330 e. The van der Waals surface area contributed by atoms with Crippen molar-refractivity contribution in [2.45, 2.75) is 46.6 Å². The lowest BCUT2D eigenvalue weighted by atomic mass is 9.93. The van der Waals surface area contributed by atoms with Gasteiger partial charge in [0.15, 0.2) is 0 Å². The molecule has 0 aliphatic heterocycles. The molecule has 104 valence electrons. The van der Waals surface area contributed by atoms with Gasteiger partial charge in [-0.1, -0.05) is 34.6 Å². The van der Waals surface area contributed by atoms with Crippen LogP contribution in [0.4, 0.5) is 0 Å². The monoisotopic (exact) mass is 268 g/mol. The number of thiophene rings is 1. The molecular formula is C15H28N2S. The van der Waals surface area contributed by atoms with Crippen molar-refractivity contribution in [2.24, 2.45) is 11.1 Å². The summed E-state index contributed by atoms with van der Waals surface area (Å²) in [5.74, 6) is 0. The van der Waals surface area contributed by atoms with Gasteiger partial charge in [0, 0.05) is 22.8 Å². The van der Waals surface area contributed by atoms with Crippen molar-refractivity contribution in [1.82, 2.24) is 4.90 Å². The summed E-state index contributed by atoms with van der Waals surface area (Å²) >= 11 is 1.93. The topological polar surface area (TPSA) is 29.3 Å². The molecule has 0 saturated heterocycles. The van der Waals surface area contributed by atoms with Crippen LogP contribution in [-0.4, -0.2) is 25.0 Å². The van der Waals surface area contributed by atoms with E-state index < -0.39 is 0 Å². The van der Waals surface area contributed by atoms with E-state index >= 15 is 0 Å². The van der Waals surface area contributed by atoms with E-state index in [2.05, 4.69) is 58.7 Å². The van der Waals surface area contributed by atoms with Crippen LogP contribution in [-0.2, 0) is 12.0 Å². The van der Waals surface area contributed by atoms with Crippen LogP contribution in [0.2, 0.25) is 0 Å². The quantitative estimate of drug-likeness (QED) is 0.886. The highest BCUT2D eigenvalue weighted by Gasteiger charge is 2.20. The molecule has 0 aliphatic rings. The van der Waals surface area contributed by atoms with Crippen LogP contribution in [0.3, 0.4) is 0 Å². The zero-order chi connectivity index (χ0) is 14.0. The smallest absolute Gasteiger partial charge is 0.0325 e. The Kier molecular flexibility index (Phi) is 4.98. The Morgan fingerprint density at radius 2 is 1.78 bits per heavy atom. The second-order valence-electron chi connectivity index (χ2n) is 7.06. The molecule has 0 unspecified atom stereocenters. The Morgan fingerprint density at radius 3 is 2.22 bits per heavy atom. The molecule has 0 aromatic carbocycles. The number of nitrogens with zero attached hydrogens (tertiary/aromatic N) is 1. The summed E-state index contributed by atoms with van der Waals surface area (Å²) in [6.45, 7) is 14.0. The van der Waals surface area contributed by atoms with Gasteiger partial charge >= 0.3 is 0 Å². The summed E-state index contributed by atoms with van der Waals surface area (Å²) < 4.78 is 0. The van der Waals surface area contributed by atoms with Crippen LogP contribution in [0.15, 0.2) is 12.1 Å². The van der Waals surface area contributed by atoms with Crippen molar-refractivity contribution < 1.29 is 0 Å². The molecule has 0 fully saturated rings. The summed E-state index contributed by atoms with van der Waals surface area (Å²) in [5, 5.41) is 0. The summed E-state index contributed by atoms with van der Waals surface area (Å²) in [4.78, 5) is 5.27. The maximum absolute atomic E-state index is 5.79. The molecule has 0 saturated carbocycles. The summed E-state index contributed by atoms with van der Waals surface area (Å²) in [6.07, 6.45) is 0. The van der Waals surface area contributed by atoms with Crippen molar-refractivity contribution in [3.63, 3.8) is 0 Å². The fourth-order valence-corrected chi connectivity index (χ4v) is 3.13. The first-order valence-electron chi connectivity index (χ1n) is 6.62. The zero-order valence-corrected chi connectivity index (χ0v) is 13.5. The van der Waals surface area contributed by atoms with E-state index in [9.17, 15) is 0 Å². The second-order valence-corrected chi connectivity index (χ2v) is 8.22. The molecule has 0 amide bonds. The molecule has 0 bridgehead atoms. The van der Waals surface area contributed by atoms with Crippen LogP contribution in [0.25, 0.3) is 0 Å². The fraction of sp³-hybridized carbons (Fsp3) is 0.733. The van der Waals surface area contributed by atoms with Gasteiger partial charge in [0.2, 0.25) is 0 Å². The van der Waals surface area contributed by atoms with Gasteiger partial charge in [0.25, 0.3) is 0 Å². The molecule has 1 aromatic heterocycles.